The Morgan fingerprint density at radius 3 is 2.45 bits per heavy atom. The lowest BCUT2D eigenvalue weighted by molar-refractivity contribution is 0.0378. The van der Waals surface area contributed by atoms with Gasteiger partial charge in [0.05, 0.1) is 25.2 Å². The number of methoxy groups -OCH3 is 1. The van der Waals surface area contributed by atoms with Crippen LogP contribution in [0.5, 0.6) is 5.75 Å². The van der Waals surface area contributed by atoms with Gasteiger partial charge < -0.3 is 19.2 Å². The highest BCUT2D eigenvalue weighted by Gasteiger charge is 2.28. The van der Waals surface area contributed by atoms with E-state index < -0.39 is 9.84 Å². The number of rotatable bonds is 9. The van der Waals surface area contributed by atoms with Crippen molar-refractivity contribution in [3.63, 3.8) is 0 Å². The minimum atomic E-state index is -3.88. The largest absolute Gasteiger partial charge is 0.497 e. The normalized spacial score (nSPS) is 14.8. The van der Waals surface area contributed by atoms with Gasteiger partial charge in [0, 0.05) is 29.7 Å². The maximum Gasteiger partial charge on any atom is 0.233 e. The SMILES string of the molecule is COc1ccc(-c2nc(S(=O)(=O)c3ccc(Br)cc3)c(NCCCN3CCOCC3)o2)cc1. The topological polar surface area (TPSA) is 93.9 Å². The van der Waals surface area contributed by atoms with Gasteiger partial charge >= 0.3 is 0 Å². The molecule has 3 aromatic rings. The van der Waals surface area contributed by atoms with E-state index in [2.05, 4.69) is 31.1 Å². The van der Waals surface area contributed by atoms with Gasteiger partial charge in [-0.05, 0) is 61.5 Å². The molecule has 4 rings (SSSR count). The third-order valence-corrected chi connectivity index (χ3v) is 7.56. The molecular formula is C23H26BrN3O5S. The van der Waals surface area contributed by atoms with Crippen LogP contribution in [0.4, 0.5) is 5.88 Å². The summed E-state index contributed by atoms with van der Waals surface area (Å²) in [7, 11) is -2.30. The van der Waals surface area contributed by atoms with Crippen LogP contribution in [0.2, 0.25) is 0 Å². The smallest absolute Gasteiger partial charge is 0.233 e. The van der Waals surface area contributed by atoms with Crippen molar-refractivity contribution in [2.24, 2.45) is 0 Å². The highest BCUT2D eigenvalue weighted by Crippen LogP contribution is 2.33. The average molecular weight is 536 g/mol. The number of morpholine rings is 1. The van der Waals surface area contributed by atoms with Crippen LogP contribution in [-0.4, -0.2) is 64.8 Å². The highest BCUT2D eigenvalue weighted by atomic mass is 79.9. The summed E-state index contributed by atoms with van der Waals surface area (Å²) in [6.07, 6.45) is 0.830. The summed E-state index contributed by atoms with van der Waals surface area (Å²) in [4.78, 5) is 6.86. The van der Waals surface area contributed by atoms with Crippen LogP contribution in [0.15, 0.2) is 67.3 Å². The van der Waals surface area contributed by atoms with Crippen molar-refractivity contribution in [2.45, 2.75) is 16.3 Å². The fourth-order valence-electron chi connectivity index (χ4n) is 3.51. The molecule has 10 heteroatoms. The molecule has 176 valence electrons. The van der Waals surface area contributed by atoms with Gasteiger partial charge in [-0.3, -0.25) is 4.90 Å². The first-order valence-corrected chi connectivity index (χ1v) is 12.9. The van der Waals surface area contributed by atoms with Crippen molar-refractivity contribution in [2.75, 3.05) is 51.8 Å². The van der Waals surface area contributed by atoms with Gasteiger partial charge in [-0.1, -0.05) is 15.9 Å². The van der Waals surface area contributed by atoms with E-state index >= 15 is 0 Å². The summed E-state index contributed by atoms with van der Waals surface area (Å²) in [5.41, 5.74) is 0.657. The Kier molecular flexibility index (Phi) is 7.69. The van der Waals surface area contributed by atoms with E-state index in [1.807, 2.05) is 0 Å². The third-order valence-electron chi connectivity index (χ3n) is 5.35. The molecular weight excluding hydrogens is 510 g/mol. The van der Waals surface area contributed by atoms with Gasteiger partial charge in [0.25, 0.3) is 0 Å². The van der Waals surface area contributed by atoms with E-state index in [1.165, 1.54) is 0 Å². The fraction of sp³-hybridized carbons (Fsp3) is 0.348. The second-order valence-electron chi connectivity index (χ2n) is 7.57. The molecule has 0 aliphatic carbocycles. The van der Waals surface area contributed by atoms with Gasteiger partial charge in [0.1, 0.15) is 5.75 Å². The molecule has 2 heterocycles. The van der Waals surface area contributed by atoms with E-state index in [1.54, 1.807) is 55.6 Å². The molecule has 0 radical (unpaired) electrons. The number of sulfone groups is 1. The van der Waals surface area contributed by atoms with Crippen molar-refractivity contribution in [3.8, 4) is 17.2 Å². The van der Waals surface area contributed by atoms with Gasteiger partial charge in [-0.15, -0.1) is 0 Å². The lowest BCUT2D eigenvalue weighted by Crippen LogP contribution is -2.37. The molecule has 0 saturated carbocycles. The second-order valence-corrected chi connectivity index (χ2v) is 10.4. The predicted molar refractivity (Wildman–Crippen MR) is 128 cm³/mol. The first-order valence-electron chi connectivity index (χ1n) is 10.7. The number of anilines is 1. The molecule has 1 saturated heterocycles. The van der Waals surface area contributed by atoms with Crippen LogP contribution in [0.25, 0.3) is 11.5 Å². The molecule has 33 heavy (non-hydrogen) atoms. The number of benzene rings is 2. The maximum atomic E-state index is 13.4. The summed E-state index contributed by atoms with van der Waals surface area (Å²) in [6.45, 7) is 4.76. The summed E-state index contributed by atoms with van der Waals surface area (Å²) >= 11 is 3.34. The predicted octanol–water partition coefficient (Wildman–Crippen LogP) is 4.08. The first-order chi connectivity index (χ1) is 16.0. The number of oxazole rings is 1. The molecule has 0 unspecified atom stereocenters. The number of hydrogen-bond acceptors (Lipinski definition) is 8. The second kappa shape index (κ2) is 10.7. The van der Waals surface area contributed by atoms with Crippen molar-refractivity contribution in [1.29, 1.82) is 0 Å². The van der Waals surface area contributed by atoms with Crippen molar-refractivity contribution < 1.29 is 22.3 Å². The molecule has 1 fully saturated rings. The fourth-order valence-corrected chi connectivity index (χ4v) is 5.05. The van der Waals surface area contributed by atoms with E-state index in [9.17, 15) is 8.42 Å². The summed E-state index contributed by atoms with van der Waals surface area (Å²) < 4.78 is 44.0. The summed E-state index contributed by atoms with van der Waals surface area (Å²) in [5, 5.41) is 3.03. The zero-order valence-corrected chi connectivity index (χ0v) is 20.7. The van der Waals surface area contributed by atoms with Gasteiger partial charge in [0.15, 0.2) is 0 Å². The van der Waals surface area contributed by atoms with Gasteiger partial charge in [-0.25, -0.2) is 8.42 Å². The first kappa shape index (κ1) is 23.7. The molecule has 8 nitrogen and oxygen atoms in total. The Bertz CT molecular complexity index is 1160. The molecule has 0 atom stereocenters. The van der Waals surface area contributed by atoms with E-state index in [0.717, 1.165) is 43.7 Å². The van der Waals surface area contributed by atoms with Gasteiger partial charge in [-0.2, -0.15) is 4.98 Å². The zero-order valence-electron chi connectivity index (χ0n) is 18.3. The molecule has 0 spiro atoms. The van der Waals surface area contributed by atoms with Crippen LogP contribution in [0.3, 0.4) is 0 Å². The molecule has 1 aliphatic rings. The van der Waals surface area contributed by atoms with Crippen molar-refractivity contribution in [3.05, 3.63) is 53.0 Å². The molecule has 1 aromatic heterocycles. The van der Waals surface area contributed by atoms with Gasteiger partial charge in [0.2, 0.25) is 26.6 Å². The zero-order chi connectivity index (χ0) is 23.3. The number of nitrogens with one attached hydrogen (secondary N) is 1. The van der Waals surface area contributed by atoms with E-state index in [4.69, 9.17) is 13.9 Å². The van der Waals surface area contributed by atoms with Crippen LogP contribution < -0.4 is 10.1 Å². The number of hydrogen-bond donors (Lipinski definition) is 1. The molecule has 2 aromatic carbocycles. The number of halogens is 1. The van der Waals surface area contributed by atoms with Crippen LogP contribution in [0.1, 0.15) is 6.42 Å². The number of ether oxygens (including phenoxy) is 2. The van der Waals surface area contributed by atoms with Crippen LogP contribution in [-0.2, 0) is 14.6 Å². The Morgan fingerprint density at radius 1 is 1.09 bits per heavy atom. The maximum absolute atomic E-state index is 13.4. The quantitative estimate of drug-likeness (QED) is 0.409. The Morgan fingerprint density at radius 2 is 1.79 bits per heavy atom. The van der Waals surface area contributed by atoms with E-state index in [0.29, 0.717) is 17.9 Å². The van der Waals surface area contributed by atoms with Crippen molar-refractivity contribution in [1.82, 2.24) is 9.88 Å². The monoisotopic (exact) mass is 535 g/mol. The van der Waals surface area contributed by atoms with Crippen molar-refractivity contribution >= 4 is 31.7 Å². The highest BCUT2D eigenvalue weighted by molar-refractivity contribution is 9.10. The lowest BCUT2D eigenvalue weighted by Gasteiger charge is -2.26. The Hall–Kier alpha value is -2.40. The minimum Gasteiger partial charge on any atom is -0.497 e. The average Bonchev–Trinajstić information content (AvgIpc) is 3.28. The van der Waals surface area contributed by atoms with Crippen LogP contribution in [0, 0.1) is 0 Å². The Labute approximate surface area is 202 Å². The third kappa shape index (κ3) is 5.75. The standard InChI is InChI=1S/C23H26BrN3O5S/c1-30-19-7-3-17(4-8-19)21-26-23(33(28,29)20-9-5-18(24)6-10-20)22(32-21)25-11-2-12-27-13-15-31-16-14-27/h3-10,25H,2,11-16H2,1H3. The lowest BCUT2D eigenvalue weighted by atomic mass is 10.2. The van der Waals surface area contributed by atoms with E-state index in [-0.39, 0.29) is 21.7 Å². The minimum absolute atomic E-state index is 0.123. The number of nitrogens with zero attached hydrogens (tertiary/aromatic N) is 2. The molecule has 1 N–H and O–H groups in total. The summed E-state index contributed by atoms with van der Waals surface area (Å²) in [6, 6.07) is 13.6. The molecule has 1 aliphatic heterocycles. The number of aromatic nitrogens is 1. The summed E-state index contributed by atoms with van der Waals surface area (Å²) in [5.74, 6) is 1.06. The molecule has 0 bridgehead atoms. The Balaban J connectivity index is 1.58. The van der Waals surface area contributed by atoms with Crippen LogP contribution >= 0.6 is 15.9 Å². The molecule has 0 amide bonds.